The van der Waals surface area contributed by atoms with Gasteiger partial charge in [0.2, 0.25) is 5.91 Å². The van der Waals surface area contributed by atoms with Crippen molar-refractivity contribution in [2.24, 2.45) is 0 Å². The second kappa shape index (κ2) is 47.3. The van der Waals surface area contributed by atoms with E-state index in [4.69, 9.17) is 9.05 Å². The molecule has 0 rings (SSSR count). The van der Waals surface area contributed by atoms with Crippen LogP contribution < -0.4 is 5.32 Å². The third-order valence-electron chi connectivity index (χ3n) is 13.0. The monoisotopic (exact) mass is 928 g/mol. The van der Waals surface area contributed by atoms with Crippen molar-refractivity contribution >= 4 is 13.7 Å². The van der Waals surface area contributed by atoms with Gasteiger partial charge in [-0.1, -0.05) is 270 Å². The maximum absolute atomic E-state index is 13.0. The molecular weight excluding hydrogens is 816 g/mol. The van der Waals surface area contributed by atoms with Crippen LogP contribution in [0.2, 0.25) is 0 Å². The Labute approximate surface area is 399 Å². The van der Waals surface area contributed by atoms with Crippen molar-refractivity contribution < 1.29 is 32.9 Å². The zero-order valence-electron chi connectivity index (χ0n) is 43.6. The summed E-state index contributed by atoms with van der Waals surface area (Å²) < 4.78 is 23.7. The van der Waals surface area contributed by atoms with E-state index in [0.29, 0.717) is 17.4 Å². The summed E-state index contributed by atoms with van der Waals surface area (Å²) in [4.78, 5) is 23.3. The molecule has 0 bridgehead atoms. The summed E-state index contributed by atoms with van der Waals surface area (Å²) in [6.45, 7) is 4.86. The number of phosphoric acid groups is 1. The number of quaternary nitrogens is 1. The first kappa shape index (κ1) is 63.2. The number of carbonyl (C=O) groups excluding carboxylic acids is 1. The topological polar surface area (TPSA) is 105 Å². The number of allylic oxidation sites excluding steroid dienone is 1. The Hall–Kier alpha value is -0.760. The van der Waals surface area contributed by atoms with Gasteiger partial charge in [-0.15, -0.1) is 0 Å². The average Bonchev–Trinajstić information content (AvgIpc) is 3.25. The lowest BCUT2D eigenvalue weighted by Gasteiger charge is -2.25. The highest BCUT2D eigenvalue weighted by Gasteiger charge is 2.27. The Morgan fingerprint density at radius 2 is 0.828 bits per heavy atom. The molecule has 0 aliphatic heterocycles. The first-order valence-electron chi connectivity index (χ1n) is 28.1. The van der Waals surface area contributed by atoms with E-state index in [0.717, 1.165) is 32.1 Å². The predicted molar refractivity (Wildman–Crippen MR) is 277 cm³/mol. The zero-order chi connectivity index (χ0) is 47.1. The molecule has 0 aromatic carbocycles. The van der Waals surface area contributed by atoms with Crippen LogP contribution in [0, 0.1) is 0 Å². The number of carbonyl (C=O) groups is 1. The molecule has 64 heavy (non-hydrogen) atoms. The highest BCUT2D eigenvalue weighted by molar-refractivity contribution is 7.47. The summed E-state index contributed by atoms with van der Waals surface area (Å²) in [6, 6.07) is -0.841. The van der Waals surface area contributed by atoms with Crippen LogP contribution in [-0.2, 0) is 18.4 Å². The standard InChI is InChI=1S/C55H111N2O6P/c1-6-8-10-12-14-16-18-20-22-23-24-25-26-27-28-29-30-31-32-33-35-37-39-41-43-45-47-49-55(59)56-53(52-63-64(60,61)62-51-50-57(3,4)5)54(58)48-46-44-42-40-38-36-34-21-19-17-15-13-11-9-7-2/h46,48,53-54,58H,6-45,47,49-52H2,1-5H3,(H-,56,59,60,61)/p+1/b48-46+/t53-,54+/m0/s1. The molecule has 9 heteroatoms. The number of amides is 1. The van der Waals surface area contributed by atoms with E-state index in [1.54, 1.807) is 6.08 Å². The summed E-state index contributed by atoms with van der Waals surface area (Å²) in [5, 5.41) is 13.9. The van der Waals surface area contributed by atoms with E-state index in [-0.39, 0.29) is 19.1 Å². The van der Waals surface area contributed by atoms with E-state index in [9.17, 15) is 19.4 Å². The van der Waals surface area contributed by atoms with Crippen LogP contribution in [0.15, 0.2) is 12.2 Å². The molecule has 0 saturated heterocycles. The van der Waals surface area contributed by atoms with Gasteiger partial charge in [0.25, 0.3) is 0 Å². The van der Waals surface area contributed by atoms with Crippen LogP contribution in [0.5, 0.6) is 0 Å². The quantitative estimate of drug-likeness (QED) is 0.0243. The molecule has 0 spiro atoms. The highest BCUT2D eigenvalue weighted by atomic mass is 31.2. The van der Waals surface area contributed by atoms with Gasteiger partial charge < -0.3 is 19.8 Å². The molecule has 1 unspecified atom stereocenters. The molecule has 0 fully saturated rings. The number of likely N-dealkylation sites (N-methyl/N-ethyl adjacent to an activating group) is 1. The van der Waals surface area contributed by atoms with Gasteiger partial charge in [-0.05, 0) is 19.3 Å². The van der Waals surface area contributed by atoms with Crippen molar-refractivity contribution in [1.82, 2.24) is 5.32 Å². The van der Waals surface area contributed by atoms with Gasteiger partial charge in [-0.2, -0.15) is 0 Å². The van der Waals surface area contributed by atoms with E-state index >= 15 is 0 Å². The van der Waals surface area contributed by atoms with Crippen LogP contribution in [0.1, 0.15) is 284 Å². The first-order valence-corrected chi connectivity index (χ1v) is 29.6. The summed E-state index contributed by atoms with van der Waals surface area (Å²) in [7, 11) is 1.59. The maximum atomic E-state index is 13.0. The Bertz CT molecular complexity index is 1050. The van der Waals surface area contributed by atoms with Crippen LogP contribution in [0.3, 0.4) is 0 Å². The predicted octanol–water partition coefficient (Wildman–Crippen LogP) is 16.7. The lowest BCUT2D eigenvalue weighted by atomic mass is 10.0. The second-order valence-electron chi connectivity index (χ2n) is 20.7. The third-order valence-corrected chi connectivity index (χ3v) is 14.0. The minimum absolute atomic E-state index is 0.0650. The summed E-state index contributed by atoms with van der Waals surface area (Å²) >= 11 is 0. The lowest BCUT2D eigenvalue weighted by Crippen LogP contribution is -2.45. The zero-order valence-corrected chi connectivity index (χ0v) is 44.4. The van der Waals surface area contributed by atoms with Gasteiger partial charge in [0.05, 0.1) is 39.9 Å². The van der Waals surface area contributed by atoms with Crippen LogP contribution in [0.4, 0.5) is 0 Å². The molecule has 3 atom stereocenters. The normalized spacial score (nSPS) is 14.0. The Balaban J connectivity index is 4.10. The Morgan fingerprint density at radius 3 is 1.16 bits per heavy atom. The summed E-state index contributed by atoms with van der Waals surface area (Å²) in [6.07, 6.45) is 57.4. The van der Waals surface area contributed by atoms with Gasteiger partial charge >= 0.3 is 7.82 Å². The van der Waals surface area contributed by atoms with Gasteiger partial charge in [0.15, 0.2) is 0 Å². The number of aliphatic hydroxyl groups excluding tert-OH is 1. The number of nitrogens with one attached hydrogen (secondary N) is 1. The van der Waals surface area contributed by atoms with Crippen molar-refractivity contribution in [1.29, 1.82) is 0 Å². The molecule has 1 amide bonds. The lowest BCUT2D eigenvalue weighted by molar-refractivity contribution is -0.870. The Morgan fingerprint density at radius 1 is 0.516 bits per heavy atom. The van der Waals surface area contributed by atoms with Crippen molar-refractivity contribution in [2.75, 3.05) is 40.9 Å². The summed E-state index contributed by atoms with van der Waals surface area (Å²) in [5.41, 5.74) is 0. The van der Waals surface area contributed by atoms with Crippen LogP contribution in [0.25, 0.3) is 0 Å². The fourth-order valence-electron chi connectivity index (χ4n) is 8.57. The van der Waals surface area contributed by atoms with Gasteiger partial charge in [0, 0.05) is 6.42 Å². The SMILES string of the molecule is CCCCCCCCCCCCCCC/C=C/[C@@H](O)[C@H](COP(=O)(O)OCC[N+](C)(C)C)NC(=O)CCCCCCCCCCCCCCCCCCCCCCCCCCCCC. The number of aliphatic hydroxyl groups is 1. The van der Waals surface area contributed by atoms with Crippen LogP contribution in [-0.4, -0.2) is 73.4 Å². The molecule has 0 heterocycles. The second-order valence-corrected chi connectivity index (χ2v) is 22.1. The van der Waals surface area contributed by atoms with Crippen molar-refractivity contribution in [3.63, 3.8) is 0 Å². The Kier molecular flexibility index (Phi) is 46.8. The number of phosphoric ester groups is 1. The molecule has 0 aliphatic rings. The van der Waals surface area contributed by atoms with Crippen molar-refractivity contribution in [3.05, 3.63) is 12.2 Å². The average molecular weight is 928 g/mol. The van der Waals surface area contributed by atoms with E-state index in [1.807, 2.05) is 27.2 Å². The molecular formula is C55H112N2O6P+. The minimum atomic E-state index is -4.34. The fraction of sp³-hybridized carbons (Fsp3) is 0.945. The molecule has 0 saturated carbocycles. The van der Waals surface area contributed by atoms with Crippen molar-refractivity contribution in [3.8, 4) is 0 Å². The smallest absolute Gasteiger partial charge is 0.387 e. The highest BCUT2D eigenvalue weighted by Crippen LogP contribution is 2.43. The molecule has 382 valence electrons. The molecule has 0 aromatic rings. The van der Waals surface area contributed by atoms with Gasteiger partial charge in [-0.3, -0.25) is 13.8 Å². The first-order chi connectivity index (χ1) is 31.0. The van der Waals surface area contributed by atoms with Gasteiger partial charge in [-0.25, -0.2) is 4.57 Å². The van der Waals surface area contributed by atoms with E-state index in [1.165, 1.54) is 231 Å². The maximum Gasteiger partial charge on any atom is 0.472 e. The largest absolute Gasteiger partial charge is 0.472 e. The molecule has 3 N–H and O–H groups in total. The molecule has 0 aliphatic carbocycles. The van der Waals surface area contributed by atoms with E-state index in [2.05, 4.69) is 19.2 Å². The number of nitrogens with zero attached hydrogens (tertiary/aromatic N) is 1. The summed E-state index contributed by atoms with van der Waals surface area (Å²) in [5.74, 6) is -0.171. The minimum Gasteiger partial charge on any atom is -0.387 e. The van der Waals surface area contributed by atoms with Crippen molar-refractivity contribution in [2.45, 2.75) is 296 Å². The van der Waals surface area contributed by atoms with Crippen LogP contribution >= 0.6 is 7.82 Å². The third kappa shape index (κ3) is 49.2. The molecule has 0 aromatic heterocycles. The van der Waals surface area contributed by atoms with Gasteiger partial charge in [0.1, 0.15) is 13.2 Å². The molecule has 0 radical (unpaired) electrons. The number of hydrogen-bond donors (Lipinski definition) is 3. The molecule has 8 nitrogen and oxygen atoms in total. The number of hydrogen-bond acceptors (Lipinski definition) is 5. The number of unbranched alkanes of at least 4 members (excludes halogenated alkanes) is 39. The van der Waals surface area contributed by atoms with E-state index < -0.39 is 20.0 Å². The number of rotatable bonds is 52. The fourth-order valence-corrected chi connectivity index (χ4v) is 9.31.